The van der Waals surface area contributed by atoms with Crippen LogP contribution >= 0.6 is 0 Å². The molecule has 0 aromatic carbocycles. The van der Waals surface area contributed by atoms with Crippen molar-refractivity contribution in [2.45, 2.75) is 44.7 Å². The van der Waals surface area contributed by atoms with Crippen LogP contribution in [0.5, 0.6) is 0 Å². The molecule has 3 rings (SSSR count). The van der Waals surface area contributed by atoms with Crippen molar-refractivity contribution in [2.24, 2.45) is 0 Å². The average molecular weight is 303 g/mol. The lowest BCUT2D eigenvalue weighted by atomic mass is 10.00. The number of hydrogen-bond acceptors (Lipinski definition) is 4. The highest BCUT2D eigenvalue weighted by molar-refractivity contribution is 6.20. The van der Waals surface area contributed by atoms with E-state index in [9.17, 15) is 9.59 Å². The van der Waals surface area contributed by atoms with Crippen molar-refractivity contribution in [3.63, 3.8) is 0 Å². The predicted molar refractivity (Wildman–Crippen MR) is 85.2 cm³/mol. The molecule has 1 saturated heterocycles. The molecule has 0 spiro atoms. The third-order valence-electron chi connectivity index (χ3n) is 5.06. The lowest BCUT2D eigenvalue weighted by molar-refractivity contribution is -0.138. The SMILES string of the molecule is CNCC(CN1C(=O)C2=C(CCC=C2)C1=O)N1CCCC1C. The molecule has 2 unspecified atom stereocenters. The van der Waals surface area contributed by atoms with Crippen LogP contribution in [-0.2, 0) is 9.59 Å². The van der Waals surface area contributed by atoms with E-state index in [4.69, 9.17) is 0 Å². The lowest BCUT2D eigenvalue weighted by Crippen LogP contribution is -2.51. The van der Waals surface area contributed by atoms with Crippen LogP contribution in [0.1, 0.15) is 32.6 Å². The van der Waals surface area contributed by atoms with Crippen molar-refractivity contribution in [3.8, 4) is 0 Å². The normalized spacial score (nSPS) is 27.0. The van der Waals surface area contributed by atoms with Gasteiger partial charge in [0.2, 0.25) is 0 Å². The quantitative estimate of drug-likeness (QED) is 0.772. The van der Waals surface area contributed by atoms with Gasteiger partial charge < -0.3 is 5.32 Å². The second-order valence-electron chi connectivity index (χ2n) is 6.49. The third kappa shape index (κ3) is 2.63. The highest BCUT2D eigenvalue weighted by Gasteiger charge is 2.40. The number of nitrogens with zero attached hydrogens (tertiary/aromatic N) is 2. The molecule has 0 aromatic rings. The standard InChI is InChI=1S/C17H25N3O2/c1-12-6-5-9-19(12)13(10-18-2)11-20-16(21)14-7-3-4-8-15(14)17(20)22/h3,7,12-13,18H,4-6,8-11H2,1-2H3. The molecule has 5 nitrogen and oxygen atoms in total. The Labute approximate surface area is 132 Å². The number of likely N-dealkylation sites (N-methyl/N-ethyl adjacent to an activating group) is 1. The minimum Gasteiger partial charge on any atom is -0.318 e. The van der Waals surface area contributed by atoms with E-state index < -0.39 is 0 Å². The number of likely N-dealkylation sites (tertiary alicyclic amines) is 1. The van der Waals surface area contributed by atoms with Crippen LogP contribution in [0.2, 0.25) is 0 Å². The van der Waals surface area contributed by atoms with Crippen molar-refractivity contribution in [3.05, 3.63) is 23.3 Å². The lowest BCUT2D eigenvalue weighted by Gasteiger charge is -2.33. The molecule has 0 saturated carbocycles. The molecule has 0 radical (unpaired) electrons. The summed E-state index contributed by atoms with van der Waals surface area (Å²) in [6.45, 7) is 4.57. The maximum atomic E-state index is 12.6. The van der Waals surface area contributed by atoms with Gasteiger partial charge in [-0.05, 0) is 46.2 Å². The van der Waals surface area contributed by atoms with Crippen LogP contribution in [0.25, 0.3) is 0 Å². The van der Waals surface area contributed by atoms with E-state index in [1.54, 1.807) is 0 Å². The zero-order valence-electron chi connectivity index (χ0n) is 13.5. The smallest absolute Gasteiger partial charge is 0.261 e. The van der Waals surface area contributed by atoms with E-state index in [0.29, 0.717) is 30.2 Å². The van der Waals surface area contributed by atoms with Crippen LogP contribution in [0.15, 0.2) is 23.3 Å². The van der Waals surface area contributed by atoms with Gasteiger partial charge in [-0.15, -0.1) is 0 Å². The summed E-state index contributed by atoms with van der Waals surface area (Å²) in [6.07, 6.45) is 7.75. The fourth-order valence-corrected chi connectivity index (χ4v) is 3.88. The summed E-state index contributed by atoms with van der Waals surface area (Å²) >= 11 is 0. The first-order valence-corrected chi connectivity index (χ1v) is 8.29. The molecule has 1 N–H and O–H groups in total. The van der Waals surface area contributed by atoms with Gasteiger partial charge in [0.1, 0.15) is 0 Å². The van der Waals surface area contributed by atoms with Gasteiger partial charge in [0.25, 0.3) is 11.8 Å². The molecule has 2 aliphatic heterocycles. The minimum atomic E-state index is -0.107. The van der Waals surface area contributed by atoms with Gasteiger partial charge in [-0.1, -0.05) is 12.2 Å². The van der Waals surface area contributed by atoms with Gasteiger partial charge in [-0.25, -0.2) is 0 Å². The molecule has 120 valence electrons. The van der Waals surface area contributed by atoms with Crippen molar-refractivity contribution >= 4 is 11.8 Å². The maximum Gasteiger partial charge on any atom is 0.261 e. The Morgan fingerprint density at radius 2 is 2.18 bits per heavy atom. The first-order valence-electron chi connectivity index (χ1n) is 8.29. The first-order chi connectivity index (χ1) is 10.6. The van der Waals surface area contributed by atoms with E-state index in [2.05, 4.69) is 17.1 Å². The molecular formula is C17H25N3O2. The van der Waals surface area contributed by atoms with Crippen LogP contribution in [0.3, 0.4) is 0 Å². The van der Waals surface area contributed by atoms with Crippen molar-refractivity contribution in [2.75, 3.05) is 26.7 Å². The predicted octanol–water partition coefficient (Wildman–Crippen LogP) is 1.07. The Kier molecular flexibility index (Phi) is 4.45. The molecule has 2 heterocycles. The Morgan fingerprint density at radius 3 is 2.82 bits per heavy atom. The second-order valence-corrected chi connectivity index (χ2v) is 6.49. The molecule has 22 heavy (non-hydrogen) atoms. The van der Waals surface area contributed by atoms with Gasteiger partial charge in [0.15, 0.2) is 0 Å². The Morgan fingerprint density at radius 1 is 1.36 bits per heavy atom. The Hall–Kier alpha value is -1.46. The van der Waals surface area contributed by atoms with Gasteiger partial charge in [-0.2, -0.15) is 0 Å². The number of carbonyl (C=O) groups is 2. The highest BCUT2D eigenvalue weighted by Crippen LogP contribution is 2.30. The van der Waals surface area contributed by atoms with Crippen LogP contribution in [0, 0.1) is 0 Å². The molecule has 1 aliphatic carbocycles. The summed E-state index contributed by atoms with van der Waals surface area (Å²) in [5.74, 6) is -0.179. The fourth-order valence-electron chi connectivity index (χ4n) is 3.88. The number of rotatable bonds is 5. The third-order valence-corrected chi connectivity index (χ3v) is 5.06. The summed E-state index contributed by atoms with van der Waals surface area (Å²) < 4.78 is 0. The molecule has 3 aliphatic rings. The number of allylic oxidation sites excluding steroid dienone is 1. The van der Waals surface area contributed by atoms with E-state index >= 15 is 0 Å². The number of hydrogen-bond donors (Lipinski definition) is 1. The zero-order chi connectivity index (χ0) is 15.7. The molecular weight excluding hydrogens is 278 g/mol. The summed E-state index contributed by atoms with van der Waals surface area (Å²) in [4.78, 5) is 29.0. The number of amides is 2. The van der Waals surface area contributed by atoms with E-state index in [0.717, 1.165) is 19.5 Å². The largest absolute Gasteiger partial charge is 0.318 e. The molecule has 2 amide bonds. The number of nitrogens with one attached hydrogen (secondary N) is 1. The summed E-state index contributed by atoms with van der Waals surface area (Å²) in [5, 5.41) is 3.21. The van der Waals surface area contributed by atoms with Gasteiger partial charge >= 0.3 is 0 Å². The van der Waals surface area contributed by atoms with Crippen LogP contribution < -0.4 is 5.32 Å². The average Bonchev–Trinajstić information content (AvgIpc) is 3.04. The molecule has 5 heteroatoms. The van der Waals surface area contributed by atoms with Crippen LogP contribution in [-0.4, -0.2) is 60.4 Å². The summed E-state index contributed by atoms with van der Waals surface area (Å²) in [5.41, 5.74) is 1.33. The van der Waals surface area contributed by atoms with Gasteiger partial charge in [0.05, 0.1) is 0 Å². The van der Waals surface area contributed by atoms with E-state index in [1.807, 2.05) is 19.2 Å². The zero-order valence-corrected chi connectivity index (χ0v) is 13.5. The Balaban J connectivity index is 1.75. The van der Waals surface area contributed by atoms with E-state index in [-0.39, 0.29) is 17.9 Å². The van der Waals surface area contributed by atoms with Crippen molar-refractivity contribution in [1.82, 2.24) is 15.1 Å². The van der Waals surface area contributed by atoms with Crippen molar-refractivity contribution < 1.29 is 9.59 Å². The highest BCUT2D eigenvalue weighted by atomic mass is 16.2. The molecule has 1 fully saturated rings. The molecule has 2 atom stereocenters. The van der Waals surface area contributed by atoms with Crippen LogP contribution in [0.4, 0.5) is 0 Å². The molecule has 0 bridgehead atoms. The van der Waals surface area contributed by atoms with Gasteiger partial charge in [0, 0.05) is 36.3 Å². The number of carbonyl (C=O) groups excluding carboxylic acids is 2. The van der Waals surface area contributed by atoms with E-state index in [1.165, 1.54) is 17.7 Å². The van der Waals surface area contributed by atoms with Crippen molar-refractivity contribution in [1.29, 1.82) is 0 Å². The summed E-state index contributed by atoms with van der Waals surface area (Å²) in [7, 11) is 1.92. The topological polar surface area (TPSA) is 52.7 Å². The second kappa shape index (κ2) is 6.34. The monoisotopic (exact) mass is 303 g/mol. The number of imide groups is 1. The Bertz CT molecular complexity index is 538. The molecule has 0 aromatic heterocycles. The fraction of sp³-hybridized carbons (Fsp3) is 0.647. The maximum absolute atomic E-state index is 12.6. The summed E-state index contributed by atoms with van der Waals surface area (Å²) in [6, 6.07) is 0.717. The van der Waals surface area contributed by atoms with Gasteiger partial charge in [-0.3, -0.25) is 19.4 Å². The minimum absolute atomic E-state index is 0.0719. The first kappa shape index (κ1) is 15.4.